The number of amidine groups is 1. The minimum Gasteiger partial charge on any atom is -0.494 e. The summed E-state index contributed by atoms with van der Waals surface area (Å²) in [5.41, 5.74) is 3.27. The van der Waals surface area contributed by atoms with Crippen molar-refractivity contribution < 1.29 is 4.74 Å². The van der Waals surface area contributed by atoms with Crippen molar-refractivity contribution in [2.75, 3.05) is 6.61 Å². The minimum atomic E-state index is -0.0555. The molecule has 4 rings (SSSR count). The Labute approximate surface area is 175 Å². The molecule has 0 radical (unpaired) electrons. The van der Waals surface area contributed by atoms with Crippen LogP contribution < -0.4 is 10.1 Å². The zero-order valence-electron chi connectivity index (χ0n) is 15.4. The van der Waals surface area contributed by atoms with Crippen LogP contribution in [0.3, 0.4) is 0 Å². The summed E-state index contributed by atoms with van der Waals surface area (Å²) < 4.78 is 5.54. The molecule has 0 unspecified atom stereocenters. The van der Waals surface area contributed by atoms with Gasteiger partial charge in [0, 0.05) is 15.6 Å². The van der Waals surface area contributed by atoms with Crippen LogP contribution in [0.5, 0.6) is 5.75 Å². The molecule has 142 valence electrons. The van der Waals surface area contributed by atoms with Crippen LogP contribution in [-0.2, 0) is 0 Å². The number of hydrogen-bond acceptors (Lipinski definition) is 3. The first-order chi connectivity index (χ1) is 13.6. The predicted octanol–water partition coefficient (Wildman–Crippen LogP) is 6.22. The number of nitrogens with one attached hydrogen (secondary N) is 1. The van der Waals surface area contributed by atoms with E-state index in [0.717, 1.165) is 33.3 Å². The van der Waals surface area contributed by atoms with Crippen LogP contribution in [0, 0.1) is 0 Å². The van der Waals surface area contributed by atoms with Gasteiger partial charge in [0.15, 0.2) is 0 Å². The Morgan fingerprint density at radius 2 is 1.39 bits per heavy atom. The second-order valence-corrected chi connectivity index (χ2v) is 7.48. The maximum Gasteiger partial charge on any atom is 0.129 e. The van der Waals surface area contributed by atoms with Crippen molar-refractivity contribution in [3.8, 4) is 5.75 Å². The summed E-state index contributed by atoms with van der Waals surface area (Å²) in [4.78, 5) is 5.00. The van der Waals surface area contributed by atoms with Gasteiger partial charge in [-0.25, -0.2) is 0 Å². The van der Waals surface area contributed by atoms with Crippen molar-refractivity contribution in [1.29, 1.82) is 0 Å². The third-order valence-electron chi connectivity index (χ3n) is 4.76. The van der Waals surface area contributed by atoms with Crippen molar-refractivity contribution in [2.24, 2.45) is 4.99 Å². The molecule has 0 bridgehead atoms. The Hall–Kier alpha value is -2.49. The molecular formula is C23H20Cl2N2O. The van der Waals surface area contributed by atoms with Gasteiger partial charge in [0.05, 0.1) is 12.6 Å². The molecule has 0 saturated carbocycles. The molecule has 0 amide bonds. The maximum atomic E-state index is 6.08. The highest BCUT2D eigenvalue weighted by molar-refractivity contribution is 6.30. The summed E-state index contributed by atoms with van der Waals surface area (Å²) in [6, 6.07) is 23.7. The quantitative estimate of drug-likeness (QED) is 0.540. The van der Waals surface area contributed by atoms with Gasteiger partial charge >= 0.3 is 0 Å². The number of halogens is 2. The Kier molecular flexibility index (Phi) is 5.56. The SMILES string of the molecule is CCOc1ccc(C2=N[C@H](c3ccc(Cl)cc3)[C@H](c3ccc(Cl)cc3)N2)cc1. The Morgan fingerprint density at radius 3 is 1.96 bits per heavy atom. The molecule has 1 aliphatic heterocycles. The summed E-state index contributed by atoms with van der Waals surface area (Å²) >= 11 is 12.2. The van der Waals surface area contributed by atoms with E-state index in [1.165, 1.54) is 0 Å². The van der Waals surface area contributed by atoms with Gasteiger partial charge < -0.3 is 10.1 Å². The van der Waals surface area contributed by atoms with Crippen LogP contribution in [0.25, 0.3) is 0 Å². The minimum absolute atomic E-state index is 0.0139. The largest absolute Gasteiger partial charge is 0.494 e. The molecule has 3 aromatic rings. The average Bonchev–Trinajstić information content (AvgIpc) is 3.15. The van der Waals surface area contributed by atoms with Crippen LogP contribution in [0.1, 0.15) is 35.7 Å². The van der Waals surface area contributed by atoms with Crippen molar-refractivity contribution >= 4 is 29.0 Å². The highest BCUT2D eigenvalue weighted by Crippen LogP contribution is 2.37. The van der Waals surface area contributed by atoms with Gasteiger partial charge in [0.2, 0.25) is 0 Å². The lowest BCUT2D eigenvalue weighted by atomic mass is 9.95. The summed E-state index contributed by atoms with van der Waals surface area (Å²) in [5, 5.41) is 5.03. The van der Waals surface area contributed by atoms with E-state index < -0.39 is 0 Å². The average molecular weight is 411 g/mol. The molecule has 0 saturated heterocycles. The molecule has 28 heavy (non-hydrogen) atoms. The normalized spacial score (nSPS) is 18.5. The first kappa shape index (κ1) is 18.9. The lowest BCUT2D eigenvalue weighted by Crippen LogP contribution is -2.25. The van der Waals surface area contributed by atoms with Crippen LogP contribution >= 0.6 is 23.2 Å². The van der Waals surface area contributed by atoms with E-state index >= 15 is 0 Å². The van der Waals surface area contributed by atoms with E-state index in [9.17, 15) is 0 Å². The Balaban J connectivity index is 1.69. The zero-order valence-corrected chi connectivity index (χ0v) is 16.9. The van der Waals surface area contributed by atoms with Crippen molar-refractivity contribution in [2.45, 2.75) is 19.0 Å². The molecule has 3 aromatic carbocycles. The van der Waals surface area contributed by atoms with Crippen LogP contribution in [0.15, 0.2) is 77.8 Å². The predicted molar refractivity (Wildman–Crippen MR) is 116 cm³/mol. The van der Waals surface area contributed by atoms with Crippen molar-refractivity contribution in [3.05, 3.63) is 99.5 Å². The topological polar surface area (TPSA) is 33.6 Å². The van der Waals surface area contributed by atoms with E-state index in [1.54, 1.807) is 0 Å². The monoisotopic (exact) mass is 410 g/mol. The van der Waals surface area contributed by atoms with Crippen molar-refractivity contribution in [1.82, 2.24) is 5.32 Å². The van der Waals surface area contributed by atoms with Crippen LogP contribution in [-0.4, -0.2) is 12.4 Å². The van der Waals surface area contributed by atoms with Gasteiger partial charge in [-0.05, 0) is 66.6 Å². The highest BCUT2D eigenvalue weighted by atomic mass is 35.5. The van der Waals surface area contributed by atoms with Gasteiger partial charge in [-0.2, -0.15) is 0 Å². The lowest BCUT2D eigenvalue weighted by molar-refractivity contribution is 0.340. The summed E-state index contributed by atoms with van der Waals surface area (Å²) in [7, 11) is 0. The van der Waals surface area contributed by atoms with E-state index in [2.05, 4.69) is 5.32 Å². The molecule has 3 nitrogen and oxygen atoms in total. The first-order valence-corrected chi connectivity index (χ1v) is 9.98. The summed E-state index contributed by atoms with van der Waals surface area (Å²) in [6.45, 7) is 2.62. The van der Waals surface area contributed by atoms with Crippen molar-refractivity contribution in [3.63, 3.8) is 0 Å². The molecule has 0 aromatic heterocycles. The molecule has 1 N–H and O–H groups in total. The summed E-state index contributed by atoms with van der Waals surface area (Å²) in [6.07, 6.45) is 0. The number of nitrogens with zero attached hydrogens (tertiary/aromatic N) is 1. The number of hydrogen-bond donors (Lipinski definition) is 1. The third kappa shape index (κ3) is 4.01. The maximum absolute atomic E-state index is 6.08. The van der Waals surface area contributed by atoms with Gasteiger partial charge in [0.25, 0.3) is 0 Å². The highest BCUT2D eigenvalue weighted by Gasteiger charge is 2.31. The third-order valence-corrected chi connectivity index (χ3v) is 5.26. The van der Waals surface area contributed by atoms with E-state index in [1.807, 2.05) is 79.7 Å². The number of benzene rings is 3. The number of aliphatic imine (C=N–C) groups is 1. The second kappa shape index (κ2) is 8.26. The number of ether oxygens (including phenoxy) is 1. The van der Waals surface area contributed by atoms with Gasteiger partial charge in [-0.1, -0.05) is 47.5 Å². The molecule has 5 heteroatoms. The number of rotatable bonds is 5. The summed E-state index contributed by atoms with van der Waals surface area (Å²) in [5.74, 6) is 1.72. The van der Waals surface area contributed by atoms with E-state index in [4.69, 9.17) is 32.9 Å². The zero-order chi connectivity index (χ0) is 19.5. The molecule has 2 atom stereocenters. The Bertz CT molecular complexity index is 967. The standard InChI is InChI=1S/C23H20Cl2N2O/c1-2-28-20-13-7-17(8-14-20)23-26-21(15-3-9-18(24)10-4-15)22(27-23)16-5-11-19(25)12-6-16/h3-14,21-22H,2H2,1H3,(H,26,27)/t21-,22+. The lowest BCUT2D eigenvalue weighted by Gasteiger charge is -2.20. The molecule has 0 aliphatic carbocycles. The van der Waals surface area contributed by atoms with Gasteiger partial charge in [-0.15, -0.1) is 0 Å². The fraction of sp³-hybridized carbons (Fsp3) is 0.174. The first-order valence-electron chi connectivity index (χ1n) is 9.22. The fourth-order valence-electron chi connectivity index (χ4n) is 3.37. The van der Waals surface area contributed by atoms with Crippen LogP contribution in [0.2, 0.25) is 10.0 Å². The van der Waals surface area contributed by atoms with E-state index in [0.29, 0.717) is 11.6 Å². The molecule has 1 heterocycles. The second-order valence-electron chi connectivity index (χ2n) is 6.61. The van der Waals surface area contributed by atoms with E-state index in [-0.39, 0.29) is 12.1 Å². The molecule has 0 spiro atoms. The van der Waals surface area contributed by atoms with Gasteiger partial charge in [0.1, 0.15) is 17.6 Å². The fourth-order valence-corrected chi connectivity index (χ4v) is 3.63. The molecule has 0 fully saturated rings. The van der Waals surface area contributed by atoms with Gasteiger partial charge in [-0.3, -0.25) is 4.99 Å². The smallest absolute Gasteiger partial charge is 0.129 e. The Morgan fingerprint density at radius 1 is 0.821 bits per heavy atom. The van der Waals surface area contributed by atoms with Crippen LogP contribution in [0.4, 0.5) is 0 Å². The molecular weight excluding hydrogens is 391 g/mol. The molecule has 1 aliphatic rings.